The van der Waals surface area contributed by atoms with E-state index in [-0.39, 0.29) is 5.97 Å². The molecule has 0 atom stereocenters. The number of esters is 1. The van der Waals surface area contributed by atoms with Gasteiger partial charge in [0.05, 0.1) is 6.61 Å². The van der Waals surface area contributed by atoms with Gasteiger partial charge in [-0.15, -0.1) is 0 Å². The molecule has 0 saturated heterocycles. The molecule has 27 heavy (non-hydrogen) atoms. The maximum absolute atomic E-state index is 10.6. The van der Waals surface area contributed by atoms with E-state index in [2.05, 4.69) is 6.92 Å². The van der Waals surface area contributed by atoms with E-state index in [1.165, 1.54) is 103 Å². The van der Waals surface area contributed by atoms with Crippen molar-refractivity contribution in [3.63, 3.8) is 0 Å². The first-order valence-corrected chi connectivity index (χ1v) is 11.9. The Balaban J connectivity index is 0. The van der Waals surface area contributed by atoms with Crippen LogP contribution in [0.3, 0.4) is 0 Å². The lowest BCUT2D eigenvalue weighted by Crippen LogP contribution is -2.00. The van der Waals surface area contributed by atoms with E-state index in [4.69, 9.17) is 9.47 Å². The molecule has 0 saturated carbocycles. The van der Waals surface area contributed by atoms with Crippen molar-refractivity contribution in [2.75, 3.05) is 19.8 Å². The topological polar surface area (TPSA) is 35.5 Å². The molecule has 0 aromatic rings. The predicted molar refractivity (Wildman–Crippen MR) is 118 cm³/mol. The second-order valence-corrected chi connectivity index (χ2v) is 7.42. The van der Waals surface area contributed by atoms with Crippen LogP contribution in [0.15, 0.2) is 0 Å². The van der Waals surface area contributed by atoms with Gasteiger partial charge in [0.1, 0.15) is 0 Å². The monoisotopic (exact) mass is 386 g/mol. The normalized spacial score (nSPS) is 10.4. The Kier molecular flexibility index (Phi) is 29.3. The van der Waals surface area contributed by atoms with Crippen LogP contribution < -0.4 is 0 Å². The summed E-state index contributed by atoms with van der Waals surface area (Å²) in [7, 11) is 0. The molecule has 0 N–H and O–H groups in total. The number of rotatable bonds is 19. The summed E-state index contributed by atoms with van der Waals surface area (Å²) in [6.07, 6.45) is 22.0. The highest BCUT2D eigenvalue weighted by atomic mass is 16.5. The molecule has 0 bridgehead atoms. The van der Waals surface area contributed by atoms with Crippen LogP contribution in [0.1, 0.15) is 130 Å². The summed E-state index contributed by atoms with van der Waals surface area (Å²) in [5.41, 5.74) is 0. The second-order valence-electron chi connectivity index (χ2n) is 7.42. The zero-order chi connectivity index (χ0) is 20.4. The summed E-state index contributed by atoms with van der Waals surface area (Å²) in [5.74, 6) is -0.152. The number of carbonyl (C=O) groups is 1. The summed E-state index contributed by atoms with van der Waals surface area (Å²) >= 11 is 0. The van der Waals surface area contributed by atoms with Crippen molar-refractivity contribution in [3.8, 4) is 0 Å². The fourth-order valence-electron chi connectivity index (χ4n) is 3.07. The zero-order valence-corrected chi connectivity index (χ0v) is 19.2. The van der Waals surface area contributed by atoms with Crippen LogP contribution in [0.25, 0.3) is 0 Å². The fraction of sp³-hybridized carbons (Fsp3) is 0.958. The van der Waals surface area contributed by atoms with E-state index in [9.17, 15) is 4.79 Å². The second kappa shape index (κ2) is 27.6. The SMILES string of the molecule is CCCCCCCCCCCCCCCCCCOC(C)=O.CCOCC. The Labute approximate surface area is 171 Å². The first-order chi connectivity index (χ1) is 13.2. The van der Waals surface area contributed by atoms with E-state index in [0.717, 1.165) is 19.6 Å². The highest BCUT2D eigenvalue weighted by molar-refractivity contribution is 5.65. The van der Waals surface area contributed by atoms with Crippen LogP contribution in [-0.4, -0.2) is 25.8 Å². The molecule has 0 heterocycles. The van der Waals surface area contributed by atoms with Gasteiger partial charge >= 0.3 is 5.97 Å². The number of carbonyl (C=O) groups excluding carboxylic acids is 1. The maximum atomic E-state index is 10.6. The average molecular weight is 387 g/mol. The molecule has 0 aliphatic heterocycles. The van der Waals surface area contributed by atoms with E-state index in [1.807, 2.05) is 13.8 Å². The molecule has 0 rings (SSSR count). The van der Waals surface area contributed by atoms with Crippen molar-refractivity contribution in [3.05, 3.63) is 0 Å². The van der Waals surface area contributed by atoms with Crippen molar-refractivity contribution in [2.24, 2.45) is 0 Å². The van der Waals surface area contributed by atoms with Crippen molar-refractivity contribution < 1.29 is 14.3 Å². The van der Waals surface area contributed by atoms with Gasteiger partial charge in [0.25, 0.3) is 0 Å². The lowest BCUT2D eigenvalue weighted by molar-refractivity contribution is -0.141. The molecule has 0 fully saturated rings. The van der Waals surface area contributed by atoms with Gasteiger partial charge < -0.3 is 9.47 Å². The number of hydrogen-bond donors (Lipinski definition) is 0. The molecule has 164 valence electrons. The first-order valence-electron chi connectivity index (χ1n) is 11.9. The third-order valence-corrected chi connectivity index (χ3v) is 4.71. The van der Waals surface area contributed by atoms with Crippen LogP contribution >= 0.6 is 0 Å². The fourth-order valence-corrected chi connectivity index (χ4v) is 3.07. The van der Waals surface area contributed by atoms with Crippen LogP contribution in [0, 0.1) is 0 Å². The van der Waals surface area contributed by atoms with Gasteiger partial charge in [-0.1, -0.05) is 103 Å². The predicted octanol–water partition coefficient (Wildman–Crippen LogP) is 7.85. The highest BCUT2D eigenvalue weighted by Gasteiger charge is 1.95. The minimum Gasteiger partial charge on any atom is -0.466 e. The molecule has 0 spiro atoms. The molecule has 0 radical (unpaired) electrons. The summed E-state index contributed by atoms with van der Waals surface area (Å²) < 4.78 is 9.76. The largest absolute Gasteiger partial charge is 0.466 e. The molecule has 0 amide bonds. The molecular formula is C24H50O3. The van der Waals surface area contributed by atoms with Crippen molar-refractivity contribution in [2.45, 2.75) is 130 Å². The van der Waals surface area contributed by atoms with E-state index in [0.29, 0.717) is 6.61 Å². The highest BCUT2D eigenvalue weighted by Crippen LogP contribution is 2.13. The summed E-state index contributed by atoms with van der Waals surface area (Å²) in [6, 6.07) is 0. The van der Waals surface area contributed by atoms with E-state index in [1.54, 1.807) is 0 Å². The molecular weight excluding hydrogens is 336 g/mol. The van der Waals surface area contributed by atoms with Crippen LogP contribution in [0.4, 0.5) is 0 Å². The summed E-state index contributed by atoms with van der Waals surface area (Å²) in [4.78, 5) is 10.6. The Morgan fingerprint density at radius 1 is 0.556 bits per heavy atom. The average Bonchev–Trinajstić information content (AvgIpc) is 2.65. The van der Waals surface area contributed by atoms with Gasteiger partial charge in [0, 0.05) is 20.1 Å². The molecule has 3 heteroatoms. The Morgan fingerprint density at radius 3 is 1.15 bits per heavy atom. The zero-order valence-electron chi connectivity index (χ0n) is 19.2. The lowest BCUT2D eigenvalue weighted by atomic mass is 10.0. The van der Waals surface area contributed by atoms with Gasteiger partial charge in [-0.05, 0) is 20.3 Å². The van der Waals surface area contributed by atoms with Gasteiger partial charge in [-0.25, -0.2) is 0 Å². The van der Waals surface area contributed by atoms with E-state index >= 15 is 0 Å². The molecule has 0 aliphatic carbocycles. The third-order valence-electron chi connectivity index (χ3n) is 4.71. The maximum Gasteiger partial charge on any atom is 0.302 e. The lowest BCUT2D eigenvalue weighted by Gasteiger charge is -2.04. The smallest absolute Gasteiger partial charge is 0.302 e. The van der Waals surface area contributed by atoms with Crippen LogP contribution in [-0.2, 0) is 14.3 Å². The number of hydrogen-bond acceptors (Lipinski definition) is 3. The first kappa shape index (κ1) is 28.6. The molecule has 0 aromatic heterocycles. The van der Waals surface area contributed by atoms with Gasteiger partial charge in [-0.3, -0.25) is 4.79 Å². The summed E-state index contributed by atoms with van der Waals surface area (Å²) in [5, 5.41) is 0. The number of unbranched alkanes of at least 4 members (excludes halogenated alkanes) is 15. The van der Waals surface area contributed by atoms with Crippen LogP contribution in [0.2, 0.25) is 0 Å². The van der Waals surface area contributed by atoms with Gasteiger partial charge in [-0.2, -0.15) is 0 Å². The van der Waals surface area contributed by atoms with Crippen LogP contribution in [0.5, 0.6) is 0 Å². The number of ether oxygens (including phenoxy) is 2. The molecule has 0 aromatic carbocycles. The van der Waals surface area contributed by atoms with E-state index < -0.39 is 0 Å². The van der Waals surface area contributed by atoms with Gasteiger partial charge in [0.15, 0.2) is 0 Å². The third kappa shape index (κ3) is 33.4. The van der Waals surface area contributed by atoms with Crippen molar-refractivity contribution in [1.29, 1.82) is 0 Å². The quantitative estimate of drug-likeness (QED) is 0.167. The van der Waals surface area contributed by atoms with Gasteiger partial charge in [0.2, 0.25) is 0 Å². The van der Waals surface area contributed by atoms with Crippen molar-refractivity contribution >= 4 is 5.97 Å². The minimum absolute atomic E-state index is 0.152. The Morgan fingerprint density at radius 2 is 0.889 bits per heavy atom. The molecule has 0 aliphatic rings. The summed E-state index contributed by atoms with van der Waals surface area (Å²) in [6.45, 7) is 10.0. The minimum atomic E-state index is -0.152. The standard InChI is InChI=1S/C20H40O2.C4H10O/c1-3-4-5-6-7-8-9-10-11-12-13-14-15-16-17-18-19-22-20(2)21;1-3-5-4-2/h3-19H2,1-2H3;3-4H2,1-2H3. The Bertz CT molecular complexity index is 264. The molecule has 0 unspecified atom stereocenters. The Hall–Kier alpha value is -0.570. The molecule has 3 nitrogen and oxygen atoms in total. The van der Waals surface area contributed by atoms with Crippen molar-refractivity contribution in [1.82, 2.24) is 0 Å².